The first-order valence-corrected chi connectivity index (χ1v) is 8.55. The average Bonchev–Trinajstić information content (AvgIpc) is 3.33. The molecule has 1 unspecified atom stereocenters. The molecule has 2 N–H and O–H groups in total. The lowest BCUT2D eigenvalue weighted by molar-refractivity contribution is -0.131. The number of aromatic amines is 2. The fraction of sp³-hybridized carbons (Fsp3) is 0.368. The summed E-state index contributed by atoms with van der Waals surface area (Å²) in [4.78, 5) is 25.9. The molecule has 0 spiro atoms. The number of nitrogens with one attached hydrogen (secondary N) is 2. The highest BCUT2D eigenvalue weighted by molar-refractivity contribution is 5.90. The minimum absolute atomic E-state index is 0.0446. The van der Waals surface area contributed by atoms with Crippen LogP contribution in [-0.2, 0) is 16.0 Å². The van der Waals surface area contributed by atoms with Crippen LogP contribution in [0.25, 0.3) is 10.9 Å². The van der Waals surface area contributed by atoms with E-state index in [1.165, 1.54) is 0 Å². The maximum atomic E-state index is 13.1. The fourth-order valence-electron chi connectivity index (χ4n) is 3.78. The second-order valence-electron chi connectivity index (χ2n) is 6.58. The van der Waals surface area contributed by atoms with Crippen LogP contribution in [0.4, 0.5) is 0 Å². The maximum Gasteiger partial charge on any atom is 0.227 e. The Morgan fingerprint density at radius 3 is 3.00 bits per heavy atom. The predicted octanol–water partition coefficient (Wildman–Crippen LogP) is 2.73. The maximum absolute atomic E-state index is 13.1. The molecule has 1 aliphatic heterocycles. The summed E-state index contributed by atoms with van der Waals surface area (Å²) < 4.78 is 5.51. The molecule has 3 heterocycles. The zero-order chi connectivity index (χ0) is 17.4. The Morgan fingerprint density at radius 1 is 1.40 bits per heavy atom. The topological polar surface area (TPSA) is 74.0 Å². The number of H-pyrrole nitrogens is 2. The van der Waals surface area contributed by atoms with Crippen molar-refractivity contribution in [1.82, 2.24) is 19.9 Å². The molecule has 130 valence electrons. The van der Waals surface area contributed by atoms with Gasteiger partial charge in [0.2, 0.25) is 5.91 Å². The van der Waals surface area contributed by atoms with E-state index in [1.54, 1.807) is 19.5 Å². The van der Waals surface area contributed by atoms with E-state index in [1.807, 2.05) is 30.0 Å². The average molecular weight is 338 g/mol. The SMILES string of the molecule is CO[C@@H]1CC(c2ncc[nH]2)N(C(=O)Cc2c(C)[nH]c3ccccc23)C1. The van der Waals surface area contributed by atoms with E-state index in [-0.39, 0.29) is 18.1 Å². The number of methoxy groups -OCH3 is 1. The van der Waals surface area contributed by atoms with Crippen molar-refractivity contribution >= 4 is 16.8 Å². The summed E-state index contributed by atoms with van der Waals surface area (Å²) in [6.45, 7) is 2.62. The Kier molecular flexibility index (Phi) is 4.05. The van der Waals surface area contributed by atoms with Crippen molar-refractivity contribution in [2.45, 2.75) is 31.9 Å². The second-order valence-corrected chi connectivity index (χ2v) is 6.58. The summed E-state index contributed by atoms with van der Waals surface area (Å²) in [6.07, 6.45) is 4.71. The molecule has 0 radical (unpaired) electrons. The van der Waals surface area contributed by atoms with Crippen molar-refractivity contribution in [3.63, 3.8) is 0 Å². The van der Waals surface area contributed by atoms with Crippen LogP contribution in [0.5, 0.6) is 0 Å². The molecule has 4 rings (SSSR count). The summed E-state index contributed by atoms with van der Waals surface area (Å²) in [5.41, 5.74) is 3.19. The van der Waals surface area contributed by atoms with Gasteiger partial charge in [0.1, 0.15) is 5.82 Å². The number of carbonyl (C=O) groups excluding carboxylic acids is 1. The molecule has 1 amide bonds. The number of benzene rings is 1. The normalized spacial score (nSPS) is 20.5. The quantitative estimate of drug-likeness (QED) is 0.768. The molecule has 6 heteroatoms. The van der Waals surface area contributed by atoms with Gasteiger partial charge in [-0.15, -0.1) is 0 Å². The van der Waals surface area contributed by atoms with Crippen molar-refractivity contribution in [2.24, 2.45) is 0 Å². The lowest BCUT2D eigenvalue weighted by Crippen LogP contribution is -2.33. The summed E-state index contributed by atoms with van der Waals surface area (Å²) in [5.74, 6) is 0.928. The first kappa shape index (κ1) is 15.9. The monoisotopic (exact) mass is 338 g/mol. The van der Waals surface area contributed by atoms with Gasteiger partial charge in [-0.05, 0) is 18.6 Å². The molecule has 0 saturated carbocycles. The van der Waals surface area contributed by atoms with Crippen LogP contribution in [0, 0.1) is 6.92 Å². The molecule has 1 saturated heterocycles. The Balaban J connectivity index is 1.61. The third kappa shape index (κ3) is 2.82. The largest absolute Gasteiger partial charge is 0.380 e. The summed E-state index contributed by atoms with van der Waals surface area (Å²) >= 11 is 0. The second kappa shape index (κ2) is 6.37. The summed E-state index contributed by atoms with van der Waals surface area (Å²) in [5, 5.41) is 1.12. The van der Waals surface area contributed by atoms with E-state index < -0.39 is 0 Å². The van der Waals surface area contributed by atoms with Crippen molar-refractivity contribution in [3.8, 4) is 0 Å². The number of likely N-dealkylation sites (tertiary alicyclic amines) is 1. The number of para-hydroxylation sites is 1. The minimum atomic E-state index is -0.0574. The molecule has 6 nitrogen and oxygen atoms in total. The van der Waals surface area contributed by atoms with Crippen LogP contribution in [0.1, 0.15) is 29.5 Å². The summed E-state index contributed by atoms with van der Waals surface area (Å²) in [6, 6.07) is 8.05. The third-order valence-electron chi connectivity index (χ3n) is 5.11. The van der Waals surface area contributed by atoms with Gasteiger partial charge in [-0.1, -0.05) is 18.2 Å². The number of ether oxygens (including phenoxy) is 1. The van der Waals surface area contributed by atoms with Gasteiger partial charge in [0.15, 0.2) is 0 Å². The number of hydrogen-bond acceptors (Lipinski definition) is 3. The third-order valence-corrected chi connectivity index (χ3v) is 5.11. The van der Waals surface area contributed by atoms with Gasteiger partial charge in [0.05, 0.1) is 18.6 Å². The number of aromatic nitrogens is 3. The Bertz CT molecular complexity index is 884. The number of amides is 1. The zero-order valence-corrected chi connectivity index (χ0v) is 14.5. The van der Waals surface area contributed by atoms with E-state index in [0.717, 1.165) is 34.4 Å². The molecule has 25 heavy (non-hydrogen) atoms. The van der Waals surface area contributed by atoms with Gasteiger partial charge in [-0.25, -0.2) is 4.98 Å². The van der Waals surface area contributed by atoms with E-state index in [0.29, 0.717) is 13.0 Å². The van der Waals surface area contributed by atoms with Crippen LogP contribution >= 0.6 is 0 Å². The minimum Gasteiger partial charge on any atom is -0.380 e. The van der Waals surface area contributed by atoms with Crippen LogP contribution in [-0.4, -0.2) is 45.5 Å². The first-order chi connectivity index (χ1) is 12.2. The lowest BCUT2D eigenvalue weighted by Gasteiger charge is -2.23. The molecule has 1 aliphatic rings. The standard InChI is InChI=1S/C19H22N4O2/c1-12-15(14-5-3-4-6-16(14)22-12)10-18(24)23-11-13(25-2)9-17(23)19-20-7-8-21-19/h3-8,13,17,22H,9-11H2,1-2H3,(H,20,21)/t13-,17?/m1/s1. The fourth-order valence-corrected chi connectivity index (χ4v) is 3.78. The predicted molar refractivity (Wildman–Crippen MR) is 95.2 cm³/mol. The van der Waals surface area contributed by atoms with E-state index in [9.17, 15) is 4.79 Å². The number of fused-ring (bicyclic) bond motifs is 1. The molecule has 0 bridgehead atoms. The van der Waals surface area contributed by atoms with Gasteiger partial charge in [-0.3, -0.25) is 4.79 Å². The van der Waals surface area contributed by atoms with Crippen LogP contribution in [0.15, 0.2) is 36.7 Å². The number of aryl methyl sites for hydroxylation is 1. The van der Waals surface area contributed by atoms with Crippen LogP contribution < -0.4 is 0 Å². The molecule has 0 aliphatic carbocycles. The number of hydrogen-bond donors (Lipinski definition) is 2. The highest BCUT2D eigenvalue weighted by Crippen LogP contribution is 2.33. The molecular formula is C19H22N4O2. The van der Waals surface area contributed by atoms with Gasteiger partial charge in [-0.2, -0.15) is 0 Å². The molecule has 2 aromatic heterocycles. The highest BCUT2D eigenvalue weighted by Gasteiger charge is 2.37. The number of nitrogens with zero attached hydrogens (tertiary/aromatic N) is 2. The molecule has 1 aromatic carbocycles. The molecular weight excluding hydrogens is 316 g/mol. The molecule has 3 aromatic rings. The Hall–Kier alpha value is -2.60. The number of rotatable bonds is 4. The van der Waals surface area contributed by atoms with Crippen LogP contribution in [0.2, 0.25) is 0 Å². The number of imidazole rings is 1. The van der Waals surface area contributed by atoms with E-state index in [2.05, 4.69) is 21.0 Å². The molecule has 1 fully saturated rings. The Morgan fingerprint density at radius 2 is 2.24 bits per heavy atom. The zero-order valence-electron chi connectivity index (χ0n) is 14.5. The van der Waals surface area contributed by atoms with Gasteiger partial charge >= 0.3 is 0 Å². The molecule has 2 atom stereocenters. The van der Waals surface area contributed by atoms with Crippen molar-refractivity contribution in [3.05, 3.63) is 53.7 Å². The van der Waals surface area contributed by atoms with Gasteiger partial charge in [0, 0.05) is 49.1 Å². The first-order valence-electron chi connectivity index (χ1n) is 8.55. The van der Waals surface area contributed by atoms with Crippen molar-refractivity contribution in [2.75, 3.05) is 13.7 Å². The van der Waals surface area contributed by atoms with Crippen molar-refractivity contribution < 1.29 is 9.53 Å². The van der Waals surface area contributed by atoms with Gasteiger partial charge < -0.3 is 19.6 Å². The summed E-state index contributed by atoms with van der Waals surface area (Å²) in [7, 11) is 1.70. The smallest absolute Gasteiger partial charge is 0.227 e. The van der Waals surface area contributed by atoms with E-state index >= 15 is 0 Å². The van der Waals surface area contributed by atoms with Gasteiger partial charge in [0.25, 0.3) is 0 Å². The van der Waals surface area contributed by atoms with E-state index in [4.69, 9.17) is 4.74 Å². The van der Waals surface area contributed by atoms with Crippen molar-refractivity contribution in [1.29, 1.82) is 0 Å². The highest BCUT2D eigenvalue weighted by atomic mass is 16.5. The lowest BCUT2D eigenvalue weighted by atomic mass is 10.1. The Labute approximate surface area is 146 Å². The van der Waals surface area contributed by atoms with Crippen LogP contribution in [0.3, 0.4) is 0 Å². The number of carbonyl (C=O) groups is 1.